The second-order valence-electron chi connectivity index (χ2n) is 5.24. The van der Waals surface area contributed by atoms with Crippen LogP contribution >= 0.6 is 0 Å². The molecule has 3 heteroatoms. The molecule has 0 bridgehead atoms. The third kappa shape index (κ3) is 2.85. The summed E-state index contributed by atoms with van der Waals surface area (Å²) in [6.45, 7) is 2.62. The average molecular weight is 247 g/mol. The highest BCUT2D eigenvalue weighted by molar-refractivity contribution is 5.34. The van der Waals surface area contributed by atoms with Crippen molar-refractivity contribution in [2.75, 3.05) is 19.8 Å². The molecule has 2 aliphatic rings. The first kappa shape index (κ1) is 12.0. The predicted molar refractivity (Wildman–Crippen MR) is 71.0 cm³/mol. The highest BCUT2D eigenvalue weighted by atomic mass is 16.6. The van der Waals surface area contributed by atoms with Crippen molar-refractivity contribution in [3.63, 3.8) is 0 Å². The minimum absolute atomic E-state index is 0.255. The van der Waals surface area contributed by atoms with Crippen molar-refractivity contribution in [1.29, 1.82) is 0 Å². The molecule has 2 heterocycles. The SMILES string of the molecule is c1ccc(OC2COC2)c(CC2CCCCN2)c1. The van der Waals surface area contributed by atoms with Crippen molar-refractivity contribution >= 4 is 0 Å². The summed E-state index contributed by atoms with van der Waals surface area (Å²) in [5.74, 6) is 1.04. The molecule has 0 amide bonds. The largest absolute Gasteiger partial charge is 0.485 e. The van der Waals surface area contributed by atoms with Crippen LogP contribution in [0.3, 0.4) is 0 Å². The molecule has 1 aromatic carbocycles. The van der Waals surface area contributed by atoms with Crippen LogP contribution in [-0.4, -0.2) is 31.9 Å². The summed E-state index contributed by atoms with van der Waals surface area (Å²) in [5.41, 5.74) is 1.32. The highest BCUT2D eigenvalue weighted by Gasteiger charge is 2.22. The number of benzene rings is 1. The molecule has 1 N–H and O–H groups in total. The summed E-state index contributed by atoms with van der Waals surface area (Å²) in [6, 6.07) is 9.03. The number of hydrogen-bond donors (Lipinski definition) is 1. The molecule has 2 fully saturated rings. The molecule has 3 rings (SSSR count). The van der Waals surface area contributed by atoms with Crippen molar-refractivity contribution in [3.05, 3.63) is 29.8 Å². The Morgan fingerprint density at radius 1 is 1.22 bits per heavy atom. The Kier molecular flexibility index (Phi) is 3.81. The van der Waals surface area contributed by atoms with E-state index in [1.54, 1.807) is 0 Å². The number of ether oxygens (including phenoxy) is 2. The van der Waals surface area contributed by atoms with Gasteiger partial charge in [-0.3, -0.25) is 0 Å². The monoisotopic (exact) mass is 247 g/mol. The molecular weight excluding hydrogens is 226 g/mol. The third-order valence-electron chi connectivity index (χ3n) is 3.75. The van der Waals surface area contributed by atoms with E-state index in [2.05, 4.69) is 23.5 Å². The predicted octanol–water partition coefficient (Wildman–Crippen LogP) is 2.15. The standard InChI is InChI=1S/C15H21NO2/c1-2-7-15(18-14-10-17-11-14)12(5-1)9-13-6-3-4-8-16-13/h1-2,5,7,13-14,16H,3-4,6,8-11H2. The summed E-state index contributed by atoms with van der Waals surface area (Å²) >= 11 is 0. The van der Waals surface area contributed by atoms with E-state index in [0.717, 1.165) is 31.9 Å². The molecule has 0 radical (unpaired) electrons. The smallest absolute Gasteiger partial charge is 0.145 e. The van der Waals surface area contributed by atoms with Crippen LogP contribution in [0.1, 0.15) is 24.8 Å². The second-order valence-corrected chi connectivity index (χ2v) is 5.24. The molecule has 1 aromatic rings. The van der Waals surface area contributed by atoms with E-state index < -0.39 is 0 Å². The maximum Gasteiger partial charge on any atom is 0.145 e. The third-order valence-corrected chi connectivity index (χ3v) is 3.75. The van der Waals surface area contributed by atoms with E-state index in [9.17, 15) is 0 Å². The molecule has 1 atom stereocenters. The molecular formula is C15H21NO2. The minimum atomic E-state index is 0.255. The Balaban J connectivity index is 1.65. The number of para-hydroxylation sites is 1. The van der Waals surface area contributed by atoms with E-state index in [1.807, 2.05) is 6.07 Å². The fraction of sp³-hybridized carbons (Fsp3) is 0.600. The van der Waals surface area contributed by atoms with Crippen LogP contribution in [0.2, 0.25) is 0 Å². The summed E-state index contributed by atoms with van der Waals surface area (Å²) < 4.78 is 11.1. The van der Waals surface area contributed by atoms with Gasteiger partial charge in [-0.25, -0.2) is 0 Å². The lowest BCUT2D eigenvalue weighted by atomic mass is 9.97. The topological polar surface area (TPSA) is 30.5 Å². The Morgan fingerprint density at radius 2 is 2.11 bits per heavy atom. The molecule has 0 saturated carbocycles. The van der Waals surface area contributed by atoms with Gasteiger partial charge in [-0.1, -0.05) is 24.6 Å². The van der Waals surface area contributed by atoms with Crippen molar-refractivity contribution in [2.24, 2.45) is 0 Å². The first-order chi connectivity index (χ1) is 8.92. The molecule has 98 valence electrons. The Hall–Kier alpha value is -1.06. The van der Waals surface area contributed by atoms with Crippen LogP contribution in [0.5, 0.6) is 5.75 Å². The molecule has 1 unspecified atom stereocenters. The van der Waals surface area contributed by atoms with Gasteiger partial charge < -0.3 is 14.8 Å². The van der Waals surface area contributed by atoms with Crippen molar-refractivity contribution in [1.82, 2.24) is 5.32 Å². The quantitative estimate of drug-likeness (QED) is 0.884. The lowest BCUT2D eigenvalue weighted by molar-refractivity contribution is -0.0800. The van der Waals surface area contributed by atoms with E-state index >= 15 is 0 Å². The van der Waals surface area contributed by atoms with Gasteiger partial charge in [-0.2, -0.15) is 0 Å². The van der Waals surface area contributed by atoms with Crippen LogP contribution in [0.25, 0.3) is 0 Å². The second kappa shape index (κ2) is 5.72. The van der Waals surface area contributed by atoms with Crippen LogP contribution < -0.4 is 10.1 Å². The molecule has 2 saturated heterocycles. The van der Waals surface area contributed by atoms with E-state index in [1.165, 1.54) is 24.8 Å². The Labute approximate surface area is 108 Å². The van der Waals surface area contributed by atoms with E-state index in [0.29, 0.717) is 6.04 Å². The average Bonchev–Trinajstić information content (AvgIpc) is 2.37. The maximum atomic E-state index is 5.97. The minimum Gasteiger partial charge on any atom is -0.485 e. The molecule has 18 heavy (non-hydrogen) atoms. The van der Waals surface area contributed by atoms with Gasteiger partial charge in [-0.05, 0) is 37.4 Å². The summed E-state index contributed by atoms with van der Waals surface area (Å²) in [5, 5.41) is 3.60. The van der Waals surface area contributed by atoms with Gasteiger partial charge in [0.2, 0.25) is 0 Å². The van der Waals surface area contributed by atoms with Gasteiger partial charge in [0.15, 0.2) is 0 Å². The van der Waals surface area contributed by atoms with Crippen LogP contribution in [0, 0.1) is 0 Å². The summed E-state index contributed by atoms with van der Waals surface area (Å²) in [6.07, 6.45) is 5.26. The summed E-state index contributed by atoms with van der Waals surface area (Å²) in [7, 11) is 0. The van der Waals surface area contributed by atoms with Gasteiger partial charge in [0.25, 0.3) is 0 Å². The highest BCUT2D eigenvalue weighted by Crippen LogP contribution is 2.24. The molecule has 2 aliphatic heterocycles. The maximum absolute atomic E-state index is 5.97. The van der Waals surface area contributed by atoms with Gasteiger partial charge >= 0.3 is 0 Å². The fourth-order valence-electron chi connectivity index (χ4n) is 2.61. The zero-order valence-electron chi connectivity index (χ0n) is 10.7. The van der Waals surface area contributed by atoms with Gasteiger partial charge in [0.05, 0.1) is 13.2 Å². The van der Waals surface area contributed by atoms with Crippen molar-refractivity contribution in [3.8, 4) is 5.75 Å². The van der Waals surface area contributed by atoms with Gasteiger partial charge in [0, 0.05) is 6.04 Å². The van der Waals surface area contributed by atoms with Gasteiger partial charge in [-0.15, -0.1) is 0 Å². The molecule has 0 aliphatic carbocycles. The van der Waals surface area contributed by atoms with Crippen LogP contribution in [0.15, 0.2) is 24.3 Å². The fourth-order valence-corrected chi connectivity index (χ4v) is 2.61. The number of hydrogen-bond acceptors (Lipinski definition) is 3. The zero-order valence-corrected chi connectivity index (χ0v) is 10.7. The van der Waals surface area contributed by atoms with E-state index in [4.69, 9.17) is 9.47 Å². The van der Waals surface area contributed by atoms with Gasteiger partial charge in [0.1, 0.15) is 11.9 Å². The first-order valence-corrected chi connectivity index (χ1v) is 6.97. The van der Waals surface area contributed by atoms with E-state index in [-0.39, 0.29) is 6.10 Å². The first-order valence-electron chi connectivity index (χ1n) is 6.97. The molecule has 0 spiro atoms. The summed E-state index contributed by atoms with van der Waals surface area (Å²) in [4.78, 5) is 0. The zero-order chi connectivity index (χ0) is 12.2. The number of piperidine rings is 1. The normalized spacial score (nSPS) is 24.6. The van der Waals surface area contributed by atoms with Crippen LogP contribution in [-0.2, 0) is 11.2 Å². The molecule has 0 aromatic heterocycles. The number of nitrogens with one attached hydrogen (secondary N) is 1. The number of rotatable bonds is 4. The lowest BCUT2D eigenvalue weighted by Gasteiger charge is -2.29. The Morgan fingerprint density at radius 3 is 2.83 bits per heavy atom. The molecule has 3 nitrogen and oxygen atoms in total. The van der Waals surface area contributed by atoms with Crippen molar-refractivity contribution < 1.29 is 9.47 Å². The Bertz CT molecular complexity index is 384. The van der Waals surface area contributed by atoms with Crippen molar-refractivity contribution in [2.45, 2.75) is 37.8 Å². The lowest BCUT2D eigenvalue weighted by Crippen LogP contribution is -2.39. The van der Waals surface area contributed by atoms with Crippen LogP contribution in [0.4, 0.5) is 0 Å².